The Morgan fingerprint density at radius 3 is 2.22 bits per heavy atom. The van der Waals surface area contributed by atoms with Crippen molar-refractivity contribution < 1.29 is 13.2 Å². The monoisotopic (exact) mass is 254 g/mol. The van der Waals surface area contributed by atoms with Gasteiger partial charge in [0.1, 0.15) is 6.04 Å². The first kappa shape index (κ1) is 12.9. The van der Waals surface area contributed by atoms with E-state index in [-0.39, 0.29) is 11.6 Å². The van der Waals surface area contributed by atoms with Gasteiger partial charge >= 0.3 is 0 Å². The average molecular weight is 254 g/mol. The normalized spacial score (nSPS) is 17.7. The first-order valence-electron chi connectivity index (χ1n) is 5.92. The maximum atomic E-state index is 13.1. The molecule has 0 radical (unpaired) electrons. The summed E-state index contributed by atoms with van der Waals surface area (Å²) in [5, 5.41) is 12.1. The Kier molecular flexibility index (Phi) is 3.87. The van der Waals surface area contributed by atoms with Crippen molar-refractivity contribution in [1.82, 2.24) is 5.32 Å². The molecule has 5 heteroatoms. The molecule has 96 valence electrons. The predicted octanol–water partition coefficient (Wildman–Crippen LogP) is 3.20. The Morgan fingerprint density at radius 1 is 1.17 bits per heavy atom. The second-order valence-corrected chi connectivity index (χ2v) is 4.51. The van der Waals surface area contributed by atoms with Crippen LogP contribution in [0.1, 0.15) is 37.3 Å². The number of hydrogen-bond acceptors (Lipinski definition) is 2. The van der Waals surface area contributed by atoms with Crippen molar-refractivity contribution in [2.45, 2.75) is 37.8 Å². The van der Waals surface area contributed by atoms with Gasteiger partial charge in [0.25, 0.3) is 0 Å². The number of nitrogens with one attached hydrogen (secondary N) is 1. The van der Waals surface area contributed by atoms with Crippen molar-refractivity contribution in [3.8, 4) is 6.07 Å². The molecule has 1 unspecified atom stereocenters. The highest BCUT2D eigenvalue weighted by atomic mass is 19.2. The lowest BCUT2D eigenvalue weighted by Gasteiger charge is -2.17. The molecule has 2 rings (SSSR count). The zero-order valence-corrected chi connectivity index (χ0v) is 9.72. The van der Waals surface area contributed by atoms with Crippen LogP contribution in [-0.2, 0) is 0 Å². The predicted molar refractivity (Wildman–Crippen MR) is 60.1 cm³/mol. The van der Waals surface area contributed by atoms with Crippen LogP contribution in [0.5, 0.6) is 0 Å². The number of nitriles is 1. The minimum Gasteiger partial charge on any atom is -0.295 e. The summed E-state index contributed by atoms with van der Waals surface area (Å²) in [5.74, 6) is -4.03. The van der Waals surface area contributed by atoms with Gasteiger partial charge in [-0.3, -0.25) is 5.32 Å². The molecule has 0 saturated heterocycles. The van der Waals surface area contributed by atoms with Gasteiger partial charge in [-0.2, -0.15) is 5.26 Å². The van der Waals surface area contributed by atoms with E-state index < -0.39 is 23.5 Å². The Labute approximate surface area is 103 Å². The molecular formula is C13H13F3N2. The molecule has 0 heterocycles. The largest absolute Gasteiger partial charge is 0.295 e. The number of nitrogens with zero attached hydrogens (tertiary/aromatic N) is 1. The zero-order valence-electron chi connectivity index (χ0n) is 9.72. The second kappa shape index (κ2) is 5.40. The van der Waals surface area contributed by atoms with E-state index in [1.165, 1.54) is 0 Å². The number of halogens is 3. The molecule has 0 aromatic heterocycles. The summed E-state index contributed by atoms with van der Waals surface area (Å²) < 4.78 is 39.0. The van der Waals surface area contributed by atoms with E-state index in [9.17, 15) is 13.2 Å². The molecule has 1 atom stereocenters. The summed E-state index contributed by atoms with van der Waals surface area (Å²) in [5.41, 5.74) is 0.126. The zero-order chi connectivity index (χ0) is 13.1. The van der Waals surface area contributed by atoms with Crippen molar-refractivity contribution in [2.24, 2.45) is 0 Å². The van der Waals surface area contributed by atoms with Crippen LogP contribution in [0.3, 0.4) is 0 Å². The van der Waals surface area contributed by atoms with Gasteiger partial charge in [0.15, 0.2) is 17.5 Å². The van der Waals surface area contributed by atoms with Gasteiger partial charge in [0.05, 0.1) is 6.07 Å². The van der Waals surface area contributed by atoms with Crippen LogP contribution < -0.4 is 5.32 Å². The van der Waals surface area contributed by atoms with Crippen LogP contribution in [-0.4, -0.2) is 6.04 Å². The lowest BCUT2D eigenvalue weighted by atomic mass is 10.1. The van der Waals surface area contributed by atoms with Crippen LogP contribution in [0.15, 0.2) is 12.1 Å². The molecular weight excluding hydrogens is 241 g/mol. The van der Waals surface area contributed by atoms with Crippen LogP contribution in [0.4, 0.5) is 13.2 Å². The van der Waals surface area contributed by atoms with E-state index in [1.807, 2.05) is 6.07 Å². The van der Waals surface area contributed by atoms with Gasteiger partial charge in [0, 0.05) is 6.04 Å². The van der Waals surface area contributed by atoms with E-state index in [0.717, 1.165) is 37.8 Å². The summed E-state index contributed by atoms with van der Waals surface area (Å²) in [7, 11) is 0. The van der Waals surface area contributed by atoms with E-state index in [2.05, 4.69) is 5.32 Å². The highest BCUT2D eigenvalue weighted by Gasteiger charge is 2.22. The first-order valence-corrected chi connectivity index (χ1v) is 5.92. The fraction of sp³-hybridized carbons (Fsp3) is 0.462. The van der Waals surface area contributed by atoms with Gasteiger partial charge in [0.2, 0.25) is 0 Å². The fourth-order valence-corrected chi connectivity index (χ4v) is 2.28. The first-order chi connectivity index (χ1) is 8.61. The third-order valence-electron chi connectivity index (χ3n) is 3.23. The van der Waals surface area contributed by atoms with Gasteiger partial charge < -0.3 is 0 Å². The molecule has 0 spiro atoms. The maximum absolute atomic E-state index is 13.1. The van der Waals surface area contributed by atoms with E-state index in [1.54, 1.807) is 0 Å². The Balaban J connectivity index is 2.19. The van der Waals surface area contributed by atoms with Crippen molar-refractivity contribution >= 4 is 0 Å². The van der Waals surface area contributed by atoms with Gasteiger partial charge in [-0.1, -0.05) is 12.8 Å². The third-order valence-corrected chi connectivity index (χ3v) is 3.23. The van der Waals surface area contributed by atoms with Gasteiger partial charge in [-0.25, -0.2) is 13.2 Å². The van der Waals surface area contributed by atoms with E-state index in [4.69, 9.17) is 5.26 Å². The lowest BCUT2D eigenvalue weighted by molar-refractivity contribution is 0.438. The second-order valence-electron chi connectivity index (χ2n) is 4.51. The summed E-state index contributed by atoms with van der Waals surface area (Å²) in [6.07, 6.45) is 4.07. The van der Waals surface area contributed by atoms with Crippen molar-refractivity contribution in [1.29, 1.82) is 5.26 Å². The minimum absolute atomic E-state index is 0.126. The maximum Gasteiger partial charge on any atom is 0.194 e. The molecule has 0 bridgehead atoms. The molecule has 0 amide bonds. The molecule has 1 saturated carbocycles. The molecule has 1 aliphatic rings. The summed E-state index contributed by atoms with van der Waals surface area (Å²) in [6.45, 7) is 0. The molecule has 18 heavy (non-hydrogen) atoms. The van der Waals surface area contributed by atoms with Crippen molar-refractivity contribution in [3.05, 3.63) is 35.1 Å². The molecule has 1 aliphatic carbocycles. The number of hydrogen-bond donors (Lipinski definition) is 1. The van der Waals surface area contributed by atoms with Gasteiger partial charge in [-0.05, 0) is 30.5 Å². The van der Waals surface area contributed by atoms with Crippen molar-refractivity contribution in [2.75, 3.05) is 0 Å². The average Bonchev–Trinajstić information content (AvgIpc) is 2.85. The quantitative estimate of drug-likeness (QED) is 0.841. The number of rotatable bonds is 3. The molecule has 2 nitrogen and oxygen atoms in total. The smallest absolute Gasteiger partial charge is 0.194 e. The molecule has 1 aromatic rings. The SMILES string of the molecule is N#CC(NC1CCCC1)c1cc(F)c(F)c(F)c1. The van der Waals surface area contributed by atoms with Crippen LogP contribution in [0.25, 0.3) is 0 Å². The fourth-order valence-electron chi connectivity index (χ4n) is 2.28. The molecule has 1 N–H and O–H groups in total. The van der Waals surface area contributed by atoms with E-state index in [0.29, 0.717) is 0 Å². The Hall–Kier alpha value is -1.54. The molecule has 1 fully saturated rings. The Bertz CT molecular complexity index is 453. The van der Waals surface area contributed by atoms with Crippen LogP contribution >= 0.6 is 0 Å². The molecule has 0 aliphatic heterocycles. The van der Waals surface area contributed by atoms with E-state index >= 15 is 0 Å². The summed E-state index contributed by atoms with van der Waals surface area (Å²) in [6, 6.07) is 3.07. The van der Waals surface area contributed by atoms with Crippen LogP contribution in [0.2, 0.25) is 0 Å². The lowest BCUT2D eigenvalue weighted by Crippen LogP contribution is -2.30. The topological polar surface area (TPSA) is 35.8 Å². The molecule has 1 aromatic carbocycles. The minimum atomic E-state index is -1.50. The number of benzene rings is 1. The van der Waals surface area contributed by atoms with Crippen molar-refractivity contribution in [3.63, 3.8) is 0 Å². The Morgan fingerprint density at radius 2 is 1.72 bits per heavy atom. The highest BCUT2D eigenvalue weighted by Crippen LogP contribution is 2.23. The van der Waals surface area contributed by atoms with Gasteiger partial charge in [-0.15, -0.1) is 0 Å². The standard InChI is InChI=1S/C13H13F3N2/c14-10-5-8(6-11(15)13(10)16)12(7-17)18-9-3-1-2-4-9/h5-6,9,12,18H,1-4H2. The summed E-state index contributed by atoms with van der Waals surface area (Å²) in [4.78, 5) is 0. The summed E-state index contributed by atoms with van der Waals surface area (Å²) >= 11 is 0. The third kappa shape index (κ3) is 2.65. The highest BCUT2D eigenvalue weighted by molar-refractivity contribution is 5.26. The van der Waals surface area contributed by atoms with Crippen LogP contribution in [0, 0.1) is 28.8 Å².